The lowest BCUT2D eigenvalue weighted by Crippen LogP contribution is -2.45. The summed E-state index contributed by atoms with van der Waals surface area (Å²) < 4.78 is 23.4. The van der Waals surface area contributed by atoms with Crippen molar-refractivity contribution in [1.29, 1.82) is 0 Å². The third kappa shape index (κ3) is 6.57. The van der Waals surface area contributed by atoms with E-state index in [2.05, 4.69) is 26.3 Å². The first kappa shape index (κ1) is 19.7. The Morgan fingerprint density at radius 3 is 2.38 bits per heavy atom. The van der Waals surface area contributed by atoms with Crippen LogP contribution in [0.5, 0.6) is 11.5 Å². The maximum atomic E-state index is 12.8. The van der Waals surface area contributed by atoms with Gasteiger partial charge in [0, 0.05) is 0 Å². The lowest BCUT2D eigenvalue weighted by molar-refractivity contribution is -0.130. The van der Waals surface area contributed by atoms with Crippen LogP contribution in [0.25, 0.3) is 0 Å². The number of aromatic nitrogens is 4. The van der Waals surface area contributed by atoms with Crippen molar-refractivity contribution in [3.05, 3.63) is 66.2 Å². The third-order valence-electron chi connectivity index (χ3n) is 3.42. The Morgan fingerprint density at radius 2 is 1.62 bits per heavy atom. The first-order chi connectivity index (χ1) is 14.1. The summed E-state index contributed by atoms with van der Waals surface area (Å²) in [6, 6.07) is 14.3. The van der Waals surface area contributed by atoms with Crippen LogP contribution < -0.4 is 20.3 Å². The zero-order valence-electron chi connectivity index (χ0n) is 15.1. The highest BCUT2D eigenvalue weighted by Gasteiger charge is 2.10. The molecule has 0 fully saturated rings. The number of rotatable bonds is 8. The van der Waals surface area contributed by atoms with Crippen LogP contribution in [-0.4, -0.2) is 38.6 Å². The summed E-state index contributed by atoms with van der Waals surface area (Å²) >= 11 is 0. The molecule has 150 valence electrons. The van der Waals surface area contributed by atoms with E-state index in [1.807, 2.05) is 18.2 Å². The van der Waals surface area contributed by atoms with Crippen molar-refractivity contribution < 1.29 is 23.5 Å². The smallest absolute Gasteiger partial charge is 0.276 e. The lowest BCUT2D eigenvalue weighted by Gasteiger charge is -2.08. The largest absolute Gasteiger partial charge is 0.485 e. The number of benzene rings is 2. The second-order valence-electron chi connectivity index (χ2n) is 5.68. The molecule has 2 amide bonds. The minimum Gasteiger partial charge on any atom is -0.485 e. The summed E-state index contributed by atoms with van der Waals surface area (Å²) in [5, 5.41) is 11.6. The molecule has 3 rings (SSSR count). The van der Waals surface area contributed by atoms with E-state index in [0.29, 0.717) is 17.3 Å². The van der Waals surface area contributed by atoms with Crippen LogP contribution in [0.2, 0.25) is 0 Å². The van der Waals surface area contributed by atoms with Gasteiger partial charge >= 0.3 is 0 Å². The molecule has 3 aromatic rings. The normalized spacial score (nSPS) is 10.2. The molecule has 0 aliphatic carbocycles. The van der Waals surface area contributed by atoms with Crippen molar-refractivity contribution in [2.75, 3.05) is 6.61 Å². The third-order valence-corrected chi connectivity index (χ3v) is 3.42. The highest BCUT2D eigenvalue weighted by Crippen LogP contribution is 2.11. The number of hydrogen-bond acceptors (Lipinski definition) is 7. The Kier molecular flexibility index (Phi) is 6.66. The molecule has 0 unspecified atom stereocenters. The Morgan fingerprint density at radius 1 is 0.931 bits per heavy atom. The average Bonchev–Trinajstić information content (AvgIpc) is 3.18. The molecule has 2 aromatic carbocycles. The van der Waals surface area contributed by atoms with E-state index in [-0.39, 0.29) is 19.8 Å². The van der Waals surface area contributed by atoms with Gasteiger partial charge in [0.2, 0.25) is 5.82 Å². The van der Waals surface area contributed by atoms with Gasteiger partial charge in [-0.05, 0) is 41.6 Å². The van der Waals surface area contributed by atoms with Gasteiger partial charge in [-0.15, -0.1) is 10.2 Å². The van der Waals surface area contributed by atoms with Crippen LogP contribution in [-0.2, 0) is 22.7 Å². The number of ether oxygens (including phenoxy) is 2. The first-order valence-corrected chi connectivity index (χ1v) is 8.49. The van der Waals surface area contributed by atoms with E-state index in [0.717, 1.165) is 4.80 Å². The molecule has 0 saturated carbocycles. The predicted octanol–water partition coefficient (Wildman–Crippen LogP) is 0.618. The van der Waals surface area contributed by atoms with Crippen molar-refractivity contribution in [1.82, 2.24) is 31.1 Å². The molecule has 0 aliphatic heterocycles. The van der Waals surface area contributed by atoms with Gasteiger partial charge in [-0.2, -0.15) is 4.80 Å². The van der Waals surface area contributed by atoms with Crippen molar-refractivity contribution in [3.8, 4) is 11.5 Å². The monoisotopic (exact) mass is 400 g/mol. The molecular weight excluding hydrogens is 383 g/mol. The molecule has 0 spiro atoms. The quantitative estimate of drug-likeness (QED) is 0.532. The molecule has 29 heavy (non-hydrogen) atoms. The van der Waals surface area contributed by atoms with Gasteiger partial charge in [0.15, 0.2) is 13.2 Å². The number of nitrogens with zero attached hydrogens (tertiary/aromatic N) is 4. The van der Waals surface area contributed by atoms with Gasteiger partial charge in [-0.25, -0.2) is 4.39 Å². The van der Waals surface area contributed by atoms with Crippen molar-refractivity contribution in [2.24, 2.45) is 0 Å². The number of amides is 2. The standard InChI is InChI=1S/C18H17FN6O4/c19-13-6-8-15(9-7-13)29-12-18(27)22-21-17(26)10-25-23-16(20-24-25)11-28-14-4-2-1-3-5-14/h1-9H,10-12H2,(H,21,26)(H,22,27). The Labute approximate surface area is 164 Å². The second-order valence-corrected chi connectivity index (χ2v) is 5.68. The highest BCUT2D eigenvalue weighted by atomic mass is 19.1. The highest BCUT2D eigenvalue weighted by molar-refractivity contribution is 5.82. The van der Waals surface area contributed by atoms with E-state index >= 15 is 0 Å². The summed E-state index contributed by atoms with van der Waals surface area (Å²) in [5.74, 6) is -0.278. The summed E-state index contributed by atoms with van der Waals surface area (Å²) in [7, 11) is 0. The number of carbonyl (C=O) groups excluding carboxylic acids is 2. The maximum Gasteiger partial charge on any atom is 0.276 e. The topological polar surface area (TPSA) is 120 Å². The van der Waals surface area contributed by atoms with E-state index < -0.39 is 17.6 Å². The van der Waals surface area contributed by atoms with Gasteiger partial charge in [-0.1, -0.05) is 18.2 Å². The van der Waals surface area contributed by atoms with Gasteiger partial charge in [-0.3, -0.25) is 20.4 Å². The molecule has 2 N–H and O–H groups in total. The number of para-hydroxylation sites is 1. The van der Waals surface area contributed by atoms with Gasteiger partial charge < -0.3 is 9.47 Å². The number of hydrazine groups is 1. The van der Waals surface area contributed by atoms with Gasteiger partial charge in [0.05, 0.1) is 0 Å². The molecule has 1 aromatic heterocycles. The number of halogens is 1. The second kappa shape index (κ2) is 9.78. The minimum absolute atomic E-state index is 0.100. The summed E-state index contributed by atoms with van der Waals surface area (Å²) in [6.07, 6.45) is 0. The van der Waals surface area contributed by atoms with Crippen molar-refractivity contribution in [3.63, 3.8) is 0 Å². The summed E-state index contributed by atoms with van der Waals surface area (Å²) in [4.78, 5) is 24.6. The van der Waals surface area contributed by atoms with Crippen LogP contribution in [0.15, 0.2) is 54.6 Å². The zero-order chi connectivity index (χ0) is 20.5. The van der Waals surface area contributed by atoms with Crippen LogP contribution in [0.1, 0.15) is 5.82 Å². The van der Waals surface area contributed by atoms with Crippen molar-refractivity contribution >= 4 is 11.8 Å². The number of nitrogens with one attached hydrogen (secondary N) is 2. The van der Waals surface area contributed by atoms with Gasteiger partial charge in [0.1, 0.15) is 23.9 Å². The fourth-order valence-corrected chi connectivity index (χ4v) is 2.09. The molecule has 0 radical (unpaired) electrons. The molecule has 0 saturated heterocycles. The van der Waals surface area contributed by atoms with Gasteiger partial charge in [0.25, 0.3) is 11.8 Å². The summed E-state index contributed by atoms with van der Waals surface area (Å²) in [6.45, 7) is -0.505. The fraction of sp³-hybridized carbons (Fsp3) is 0.167. The first-order valence-electron chi connectivity index (χ1n) is 8.49. The molecular formula is C18H17FN6O4. The average molecular weight is 400 g/mol. The molecule has 11 heteroatoms. The SMILES string of the molecule is O=C(COc1ccc(F)cc1)NNC(=O)Cn1nnc(COc2ccccc2)n1. The van der Waals surface area contributed by atoms with Crippen molar-refractivity contribution in [2.45, 2.75) is 13.2 Å². The lowest BCUT2D eigenvalue weighted by atomic mass is 10.3. The Hall–Kier alpha value is -4.02. The van der Waals surface area contributed by atoms with Crippen LogP contribution >= 0.6 is 0 Å². The minimum atomic E-state index is -0.592. The number of hydrogen-bond donors (Lipinski definition) is 2. The van der Waals surface area contributed by atoms with Crippen LogP contribution in [0.3, 0.4) is 0 Å². The zero-order valence-corrected chi connectivity index (χ0v) is 15.1. The molecule has 10 nitrogen and oxygen atoms in total. The molecule has 0 atom stereocenters. The van der Waals surface area contributed by atoms with Crippen LogP contribution in [0.4, 0.5) is 4.39 Å². The van der Waals surface area contributed by atoms with Crippen LogP contribution in [0, 0.1) is 5.82 Å². The van der Waals surface area contributed by atoms with E-state index in [1.165, 1.54) is 24.3 Å². The molecule has 1 heterocycles. The number of carbonyl (C=O) groups is 2. The summed E-state index contributed by atoms with van der Waals surface area (Å²) in [5.41, 5.74) is 4.39. The predicted molar refractivity (Wildman–Crippen MR) is 96.8 cm³/mol. The molecule has 0 bridgehead atoms. The van der Waals surface area contributed by atoms with E-state index in [4.69, 9.17) is 9.47 Å². The van der Waals surface area contributed by atoms with E-state index in [9.17, 15) is 14.0 Å². The Bertz CT molecular complexity index is 948. The number of tetrazole rings is 1. The fourth-order valence-electron chi connectivity index (χ4n) is 2.09. The van der Waals surface area contributed by atoms with E-state index in [1.54, 1.807) is 12.1 Å². The molecule has 0 aliphatic rings. The Balaban J connectivity index is 1.36. The maximum absolute atomic E-state index is 12.8.